The molecule has 0 saturated carbocycles. The number of hydrogen-bond donors (Lipinski definition) is 1. The van der Waals surface area contributed by atoms with Gasteiger partial charge in [-0.25, -0.2) is 4.79 Å². The largest absolute Gasteiger partial charge is 0.461 e. The second-order valence-corrected chi connectivity index (χ2v) is 6.08. The van der Waals surface area contributed by atoms with Gasteiger partial charge in [-0.2, -0.15) is 13.2 Å². The molecule has 0 unspecified atom stereocenters. The molecule has 2 rings (SSSR count). The van der Waals surface area contributed by atoms with E-state index < -0.39 is 23.6 Å². The Hall–Kier alpha value is -3.03. The van der Waals surface area contributed by atoms with Gasteiger partial charge in [-0.1, -0.05) is 6.08 Å². The molecule has 2 aromatic rings. The number of carbonyl (C=O) groups excluding carboxylic acids is 2. The predicted molar refractivity (Wildman–Crippen MR) is 99.5 cm³/mol. The predicted octanol–water partition coefficient (Wildman–Crippen LogP) is 4.74. The van der Waals surface area contributed by atoms with Crippen LogP contribution < -0.4 is 5.32 Å². The van der Waals surface area contributed by atoms with Crippen molar-refractivity contribution in [1.82, 2.24) is 4.57 Å². The molecule has 0 aliphatic rings. The number of rotatable bonds is 6. The molecule has 28 heavy (non-hydrogen) atoms. The van der Waals surface area contributed by atoms with E-state index in [9.17, 15) is 22.8 Å². The summed E-state index contributed by atoms with van der Waals surface area (Å²) in [5.74, 6) is -1.08. The van der Waals surface area contributed by atoms with Crippen LogP contribution in [0.25, 0.3) is 0 Å². The Morgan fingerprint density at radius 2 is 1.82 bits per heavy atom. The van der Waals surface area contributed by atoms with Crippen LogP contribution in [-0.4, -0.2) is 23.1 Å². The van der Waals surface area contributed by atoms with Crippen molar-refractivity contribution in [2.45, 2.75) is 33.5 Å². The molecule has 1 aromatic carbocycles. The van der Waals surface area contributed by atoms with Crippen molar-refractivity contribution in [3.63, 3.8) is 0 Å². The topological polar surface area (TPSA) is 60.3 Å². The smallest absolute Gasteiger partial charge is 0.416 e. The minimum absolute atomic E-state index is 0.184. The average Bonchev–Trinajstić information content (AvgIpc) is 2.85. The van der Waals surface area contributed by atoms with Crippen molar-refractivity contribution < 1.29 is 27.5 Å². The van der Waals surface area contributed by atoms with Gasteiger partial charge in [0.1, 0.15) is 5.69 Å². The first kappa shape index (κ1) is 21.3. The van der Waals surface area contributed by atoms with Gasteiger partial charge in [0.2, 0.25) is 0 Å². The molecule has 0 aliphatic heterocycles. The van der Waals surface area contributed by atoms with Crippen molar-refractivity contribution in [2.75, 3.05) is 11.9 Å². The fraction of sp³-hybridized carbons (Fsp3) is 0.300. The summed E-state index contributed by atoms with van der Waals surface area (Å²) < 4.78 is 44.7. The van der Waals surface area contributed by atoms with Gasteiger partial charge >= 0.3 is 12.1 Å². The van der Waals surface area contributed by atoms with Crippen LogP contribution in [0, 0.1) is 13.8 Å². The lowest BCUT2D eigenvalue weighted by atomic mass is 10.1. The molecule has 1 amide bonds. The number of alkyl halides is 3. The summed E-state index contributed by atoms with van der Waals surface area (Å²) in [6.45, 7) is 9.13. The van der Waals surface area contributed by atoms with Crippen molar-refractivity contribution in [1.29, 1.82) is 0 Å². The van der Waals surface area contributed by atoms with Gasteiger partial charge in [0.05, 0.1) is 17.7 Å². The zero-order chi connectivity index (χ0) is 21.1. The molecule has 0 saturated heterocycles. The number of benzene rings is 1. The van der Waals surface area contributed by atoms with Gasteiger partial charge in [0.25, 0.3) is 5.91 Å². The first-order valence-corrected chi connectivity index (χ1v) is 8.58. The van der Waals surface area contributed by atoms with E-state index in [0.717, 1.165) is 12.1 Å². The van der Waals surface area contributed by atoms with Gasteiger partial charge in [0.15, 0.2) is 0 Å². The maximum absolute atomic E-state index is 12.8. The third-order valence-electron chi connectivity index (χ3n) is 4.24. The average molecular weight is 394 g/mol. The Labute approximate surface area is 160 Å². The van der Waals surface area contributed by atoms with Crippen molar-refractivity contribution >= 4 is 17.6 Å². The van der Waals surface area contributed by atoms with Crippen LogP contribution in [0.2, 0.25) is 0 Å². The quantitative estimate of drug-likeness (QED) is 0.569. The summed E-state index contributed by atoms with van der Waals surface area (Å²) in [6, 6.07) is 4.14. The Morgan fingerprint density at radius 1 is 1.21 bits per heavy atom. The Kier molecular flexibility index (Phi) is 6.33. The summed E-state index contributed by atoms with van der Waals surface area (Å²) >= 11 is 0. The number of hydrogen-bond acceptors (Lipinski definition) is 3. The summed E-state index contributed by atoms with van der Waals surface area (Å²) in [6.07, 6.45) is -2.86. The third kappa shape index (κ3) is 4.27. The van der Waals surface area contributed by atoms with E-state index in [2.05, 4.69) is 11.9 Å². The number of nitrogens with zero attached hydrogens (tertiary/aromatic N) is 1. The van der Waals surface area contributed by atoms with Crippen LogP contribution in [0.5, 0.6) is 0 Å². The SMILES string of the molecule is C=CCn1c(C)c(C(=O)Nc2ccc(C(F)(F)F)cc2)c(C)c1C(=O)OCC. The van der Waals surface area contributed by atoms with E-state index in [1.807, 2.05) is 0 Å². The van der Waals surface area contributed by atoms with Crippen molar-refractivity contribution in [3.8, 4) is 0 Å². The first-order valence-electron chi connectivity index (χ1n) is 8.58. The highest BCUT2D eigenvalue weighted by atomic mass is 19.4. The number of nitrogens with one attached hydrogen (secondary N) is 1. The first-order chi connectivity index (χ1) is 13.1. The molecular formula is C20H21F3N2O3. The second kappa shape index (κ2) is 8.33. The number of ether oxygens (including phenoxy) is 1. The molecule has 0 fully saturated rings. The standard InChI is InChI=1S/C20H21F3N2O3/c1-5-11-25-13(4)16(12(3)17(25)19(27)28-6-2)18(26)24-15-9-7-14(8-10-15)20(21,22)23/h5,7-10H,1,6,11H2,2-4H3,(H,24,26). The summed E-state index contributed by atoms with van der Waals surface area (Å²) in [4.78, 5) is 25.1. The highest BCUT2D eigenvalue weighted by Gasteiger charge is 2.30. The van der Waals surface area contributed by atoms with Crippen LogP contribution in [0.3, 0.4) is 0 Å². The van der Waals surface area contributed by atoms with Gasteiger partial charge in [-0.05, 0) is 50.6 Å². The van der Waals surface area contributed by atoms with Gasteiger partial charge in [-0.15, -0.1) is 6.58 Å². The number of esters is 1. The van der Waals surface area contributed by atoms with Crippen molar-refractivity contribution in [2.24, 2.45) is 0 Å². The fourth-order valence-corrected chi connectivity index (χ4v) is 2.99. The lowest BCUT2D eigenvalue weighted by Crippen LogP contribution is -2.14. The van der Waals surface area contributed by atoms with Crippen molar-refractivity contribution in [3.05, 3.63) is 65.0 Å². The van der Waals surface area contributed by atoms with Crippen LogP contribution in [0.1, 0.15) is 44.6 Å². The van der Waals surface area contributed by atoms with E-state index >= 15 is 0 Å². The molecule has 1 N–H and O–H groups in total. The molecule has 8 heteroatoms. The molecular weight excluding hydrogens is 373 g/mol. The Balaban J connectivity index is 2.38. The highest BCUT2D eigenvalue weighted by Crippen LogP contribution is 2.30. The molecule has 0 spiro atoms. The zero-order valence-corrected chi connectivity index (χ0v) is 15.8. The molecule has 0 bridgehead atoms. The number of anilines is 1. The molecule has 0 aliphatic carbocycles. The van der Waals surface area contributed by atoms with E-state index in [1.54, 1.807) is 31.4 Å². The zero-order valence-electron chi connectivity index (χ0n) is 15.8. The van der Waals surface area contributed by atoms with E-state index in [1.165, 1.54) is 12.1 Å². The lowest BCUT2D eigenvalue weighted by molar-refractivity contribution is -0.137. The minimum Gasteiger partial charge on any atom is -0.461 e. The van der Waals surface area contributed by atoms with E-state index in [0.29, 0.717) is 17.8 Å². The molecule has 1 heterocycles. The minimum atomic E-state index is -4.45. The number of allylic oxidation sites excluding steroid dienone is 1. The fourth-order valence-electron chi connectivity index (χ4n) is 2.99. The molecule has 0 radical (unpaired) electrons. The maximum atomic E-state index is 12.8. The Bertz CT molecular complexity index is 897. The Morgan fingerprint density at radius 3 is 2.32 bits per heavy atom. The molecule has 150 valence electrons. The van der Waals surface area contributed by atoms with Crippen LogP contribution in [0.15, 0.2) is 36.9 Å². The monoisotopic (exact) mass is 394 g/mol. The summed E-state index contributed by atoms with van der Waals surface area (Å²) in [7, 11) is 0. The molecule has 0 atom stereocenters. The van der Waals surface area contributed by atoms with Gasteiger partial charge < -0.3 is 14.6 Å². The van der Waals surface area contributed by atoms with Gasteiger partial charge in [-0.3, -0.25) is 4.79 Å². The van der Waals surface area contributed by atoms with Gasteiger partial charge in [0, 0.05) is 17.9 Å². The highest BCUT2D eigenvalue weighted by molar-refractivity contribution is 6.08. The number of halogens is 3. The van der Waals surface area contributed by atoms with Crippen LogP contribution >= 0.6 is 0 Å². The van der Waals surface area contributed by atoms with Crippen LogP contribution in [0.4, 0.5) is 18.9 Å². The summed E-state index contributed by atoms with van der Waals surface area (Å²) in [5, 5.41) is 2.57. The van der Waals surface area contributed by atoms with E-state index in [-0.39, 0.29) is 23.6 Å². The van der Waals surface area contributed by atoms with Crippen LogP contribution in [-0.2, 0) is 17.5 Å². The summed E-state index contributed by atoms with van der Waals surface area (Å²) in [5.41, 5.74) is 0.888. The number of carbonyl (C=O) groups is 2. The molecule has 5 nitrogen and oxygen atoms in total. The lowest BCUT2D eigenvalue weighted by Gasteiger charge is -2.10. The normalized spacial score (nSPS) is 11.2. The van der Waals surface area contributed by atoms with E-state index in [4.69, 9.17) is 4.74 Å². The number of amides is 1. The second-order valence-electron chi connectivity index (χ2n) is 6.08. The number of aromatic nitrogens is 1. The molecule has 1 aromatic heterocycles. The third-order valence-corrected chi connectivity index (χ3v) is 4.24. The maximum Gasteiger partial charge on any atom is 0.416 e.